The number of amides is 2. The Kier molecular flexibility index (Phi) is 6.32. The van der Waals surface area contributed by atoms with Crippen molar-refractivity contribution in [3.8, 4) is 0 Å². The highest BCUT2D eigenvalue weighted by atomic mass is 32.2. The molecule has 0 heterocycles. The number of nitro benzene ring substituents is 1. The fourth-order valence-electron chi connectivity index (χ4n) is 1.81. The minimum absolute atomic E-state index is 0.00280. The Bertz CT molecular complexity index is 720. The van der Waals surface area contributed by atoms with Crippen molar-refractivity contribution in [2.75, 3.05) is 5.75 Å². The van der Waals surface area contributed by atoms with Crippen molar-refractivity contribution in [2.45, 2.75) is 11.3 Å². The summed E-state index contributed by atoms with van der Waals surface area (Å²) in [5.74, 6) is -0.585. The summed E-state index contributed by atoms with van der Waals surface area (Å²) >= 11 is 1.22. The zero-order valence-corrected chi connectivity index (χ0v) is 13.4. The molecule has 2 aromatic rings. The summed E-state index contributed by atoms with van der Waals surface area (Å²) in [6.45, 7) is 0. The SMILES string of the molecule is O=C(CSc1ccc([N+](=O)[O-])cc1)NNC(=O)Cc1ccccc1. The van der Waals surface area contributed by atoms with E-state index in [0.29, 0.717) is 0 Å². The van der Waals surface area contributed by atoms with Gasteiger partial charge < -0.3 is 0 Å². The number of benzene rings is 2. The molecule has 2 aromatic carbocycles. The molecule has 124 valence electrons. The van der Waals surface area contributed by atoms with Crippen LogP contribution in [-0.2, 0) is 16.0 Å². The first kappa shape index (κ1) is 17.5. The molecular formula is C16H15N3O4S. The number of carbonyl (C=O) groups excluding carboxylic acids is 2. The first-order valence-electron chi connectivity index (χ1n) is 7.03. The number of nitrogens with one attached hydrogen (secondary N) is 2. The van der Waals surface area contributed by atoms with Gasteiger partial charge in [0.25, 0.3) is 5.69 Å². The third-order valence-electron chi connectivity index (χ3n) is 2.97. The molecule has 2 N–H and O–H groups in total. The number of rotatable bonds is 6. The Morgan fingerprint density at radius 2 is 1.58 bits per heavy atom. The molecule has 2 amide bonds. The van der Waals surface area contributed by atoms with E-state index in [4.69, 9.17) is 0 Å². The largest absolute Gasteiger partial charge is 0.273 e. The van der Waals surface area contributed by atoms with Gasteiger partial charge in [0, 0.05) is 17.0 Å². The number of carbonyl (C=O) groups is 2. The summed E-state index contributed by atoms with van der Waals surface area (Å²) in [5.41, 5.74) is 5.53. The smallest absolute Gasteiger partial charge is 0.269 e. The van der Waals surface area contributed by atoms with E-state index < -0.39 is 4.92 Å². The Morgan fingerprint density at radius 3 is 2.21 bits per heavy atom. The molecule has 0 atom stereocenters. The van der Waals surface area contributed by atoms with Crippen LogP contribution in [0.2, 0.25) is 0 Å². The highest BCUT2D eigenvalue weighted by Gasteiger charge is 2.08. The lowest BCUT2D eigenvalue weighted by Gasteiger charge is -2.07. The molecular weight excluding hydrogens is 330 g/mol. The summed E-state index contributed by atoms with van der Waals surface area (Å²) in [7, 11) is 0. The third kappa shape index (κ3) is 5.73. The average Bonchev–Trinajstić information content (AvgIpc) is 2.59. The van der Waals surface area contributed by atoms with Gasteiger partial charge >= 0.3 is 0 Å². The van der Waals surface area contributed by atoms with E-state index in [1.54, 1.807) is 12.1 Å². The first-order valence-corrected chi connectivity index (χ1v) is 8.02. The highest BCUT2D eigenvalue weighted by molar-refractivity contribution is 8.00. The molecule has 0 aliphatic rings. The molecule has 0 spiro atoms. The molecule has 24 heavy (non-hydrogen) atoms. The highest BCUT2D eigenvalue weighted by Crippen LogP contribution is 2.20. The Morgan fingerprint density at radius 1 is 0.958 bits per heavy atom. The zero-order chi connectivity index (χ0) is 17.4. The molecule has 2 rings (SSSR count). The summed E-state index contributed by atoms with van der Waals surface area (Å²) in [6, 6.07) is 15.1. The van der Waals surface area contributed by atoms with Crippen LogP contribution in [0.4, 0.5) is 5.69 Å². The predicted octanol–water partition coefficient (Wildman–Crippen LogP) is 2.08. The van der Waals surface area contributed by atoms with Crippen LogP contribution in [0.15, 0.2) is 59.5 Å². The minimum Gasteiger partial charge on any atom is -0.273 e. The minimum atomic E-state index is -0.483. The van der Waals surface area contributed by atoms with Gasteiger partial charge in [-0.1, -0.05) is 30.3 Å². The number of thioether (sulfide) groups is 1. The summed E-state index contributed by atoms with van der Waals surface area (Å²) in [4.78, 5) is 34.2. The maximum atomic E-state index is 11.7. The normalized spacial score (nSPS) is 10.0. The van der Waals surface area contributed by atoms with Crippen molar-refractivity contribution in [1.29, 1.82) is 0 Å². The summed E-state index contributed by atoms with van der Waals surface area (Å²) < 4.78 is 0. The van der Waals surface area contributed by atoms with Gasteiger partial charge in [0.15, 0.2) is 0 Å². The van der Waals surface area contributed by atoms with E-state index in [9.17, 15) is 19.7 Å². The molecule has 0 aliphatic carbocycles. The number of nitro groups is 1. The fourth-order valence-corrected chi connectivity index (χ4v) is 2.51. The Labute approximate surface area is 142 Å². The maximum Gasteiger partial charge on any atom is 0.269 e. The monoisotopic (exact) mass is 345 g/mol. The number of non-ortho nitro benzene ring substituents is 1. The first-order chi connectivity index (χ1) is 11.5. The molecule has 0 fully saturated rings. The molecule has 0 aromatic heterocycles. The van der Waals surface area contributed by atoms with Gasteiger partial charge in [-0.15, -0.1) is 11.8 Å². The van der Waals surface area contributed by atoms with E-state index in [1.807, 2.05) is 30.3 Å². The molecule has 0 saturated carbocycles. The number of hydrazine groups is 1. The second-order valence-corrected chi connectivity index (χ2v) is 5.85. The van der Waals surface area contributed by atoms with E-state index in [0.717, 1.165) is 10.5 Å². The molecule has 0 unspecified atom stereocenters. The molecule has 0 radical (unpaired) electrons. The Hall–Kier alpha value is -2.87. The van der Waals surface area contributed by atoms with Crippen LogP contribution in [0, 0.1) is 10.1 Å². The number of nitrogens with zero attached hydrogens (tertiary/aromatic N) is 1. The topological polar surface area (TPSA) is 101 Å². The van der Waals surface area contributed by atoms with E-state index in [2.05, 4.69) is 10.9 Å². The quantitative estimate of drug-likeness (QED) is 0.474. The van der Waals surface area contributed by atoms with Crippen LogP contribution in [0.1, 0.15) is 5.56 Å². The maximum absolute atomic E-state index is 11.7. The van der Waals surface area contributed by atoms with Crippen molar-refractivity contribution in [1.82, 2.24) is 10.9 Å². The molecule has 0 aliphatic heterocycles. The van der Waals surface area contributed by atoms with Crippen molar-refractivity contribution in [2.24, 2.45) is 0 Å². The van der Waals surface area contributed by atoms with Gasteiger partial charge in [-0.25, -0.2) is 0 Å². The third-order valence-corrected chi connectivity index (χ3v) is 3.98. The van der Waals surface area contributed by atoms with Crippen LogP contribution >= 0.6 is 11.8 Å². The summed E-state index contributed by atoms with van der Waals surface area (Å²) in [6.07, 6.45) is 0.177. The number of hydrogen-bond acceptors (Lipinski definition) is 5. The molecule has 0 bridgehead atoms. The lowest BCUT2D eigenvalue weighted by molar-refractivity contribution is -0.384. The van der Waals surface area contributed by atoms with E-state index in [1.165, 1.54) is 23.9 Å². The van der Waals surface area contributed by atoms with Crippen LogP contribution in [0.5, 0.6) is 0 Å². The van der Waals surface area contributed by atoms with Gasteiger partial charge in [0.05, 0.1) is 17.1 Å². The lowest BCUT2D eigenvalue weighted by Crippen LogP contribution is -2.43. The van der Waals surface area contributed by atoms with Gasteiger partial charge in [-0.05, 0) is 17.7 Å². The van der Waals surface area contributed by atoms with E-state index in [-0.39, 0.29) is 29.7 Å². The Balaban J connectivity index is 1.71. The molecule has 8 heteroatoms. The van der Waals surface area contributed by atoms with Crippen molar-refractivity contribution in [3.05, 3.63) is 70.3 Å². The van der Waals surface area contributed by atoms with Crippen LogP contribution in [0.25, 0.3) is 0 Å². The van der Waals surface area contributed by atoms with Crippen molar-refractivity contribution >= 4 is 29.3 Å². The average molecular weight is 345 g/mol. The van der Waals surface area contributed by atoms with E-state index >= 15 is 0 Å². The lowest BCUT2D eigenvalue weighted by atomic mass is 10.1. The second kappa shape index (κ2) is 8.68. The molecule has 0 saturated heterocycles. The van der Waals surface area contributed by atoms with Crippen molar-refractivity contribution < 1.29 is 14.5 Å². The number of hydrogen-bond donors (Lipinski definition) is 2. The molecule has 7 nitrogen and oxygen atoms in total. The van der Waals surface area contributed by atoms with Gasteiger partial charge in [-0.3, -0.25) is 30.6 Å². The van der Waals surface area contributed by atoms with Gasteiger partial charge in [-0.2, -0.15) is 0 Å². The van der Waals surface area contributed by atoms with Crippen LogP contribution in [-0.4, -0.2) is 22.5 Å². The van der Waals surface area contributed by atoms with Gasteiger partial charge in [0.2, 0.25) is 11.8 Å². The summed E-state index contributed by atoms with van der Waals surface area (Å²) in [5, 5.41) is 10.6. The fraction of sp³-hybridized carbons (Fsp3) is 0.125. The predicted molar refractivity (Wildman–Crippen MR) is 90.3 cm³/mol. The second-order valence-electron chi connectivity index (χ2n) is 4.80. The van der Waals surface area contributed by atoms with Crippen LogP contribution < -0.4 is 10.9 Å². The van der Waals surface area contributed by atoms with Crippen LogP contribution in [0.3, 0.4) is 0 Å². The standard InChI is InChI=1S/C16H15N3O4S/c20-15(10-12-4-2-1-3-5-12)17-18-16(21)11-24-14-8-6-13(7-9-14)19(22)23/h1-9H,10-11H2,(H,17,20)(H,18,21). The van der Waals surface area contributed by atoms with Crippen molar-refractivity contribution in [3.63, 3.8) is 0 Å². The zero-order valence-electron chi connectivity index (χ0n) is 12.6. The van der Waals surface area contributed by atoms with Gasteiger partial charge in [0.1, 0.15) is 0 Å².